The smallest absolute Gasteiger partial charge is 0.257 e. The van der Waals surface area contributed by atoms with E-state index in [0.717, 1.165) is 12.0 Å². The zero-order valence-corrected chi connectivity index (χ0v) is 13.7. The molecule has 2 aliphatic rings. The van der Waals surface area contributed by atoms with Crippen LogP contribution in [-0.2, 0) is 4.79 Å². The summed E-state index contributed by atoms with van der Waals surface area (Å²) in [7, 11) is 0. The number of furan rings is 1. The first-order valence-electron chi connectivity index (χ1n) is 8.49. The van der Waals surface area contributed by atoms with E-state index >= 15 is 0 Å². The number of carbonyl (C=O) groups is 2. The maximum Gasteiger partial charge on any atom is 0.257 e. The predicted molar refractivity (Wildman–Crippen MR) is 88.4 cm³/mol. The molecule has 2 atom stereocenters. The molecule has 2 heterocycles. The summed E-state index contributed by atoms with van der Waals surface area (Å²) in [6, 6.07) is 8.05. The van der Waals surface area contributed by atoms with E-state index < -0.39 is 0 Å². The van der Waals surface area contributed by atoms with Gasteiger partial charge < -0.3 is 14.2 Å². The summed E-state index contributed by atoms with van der Waals surface area (Å²) >= 11 is 0. The van der Waals surface area contributed by atoms with Gasteiger partial charge >= 0.3 is 0 Å². The van der Waals surface area contributed by atoms with Gasteiger partial charge in [-0.3, -0.25) is 9.59 Å². The van der Waals surface area contributed by atoms with Crippen LogP contribution in [0, 0.1) is 11.7 Å². The van der Waals surface area contributed by atoms with Crippen LogP contribution in [0.3, 0.4) is 0 Å². The zero-order valence-electron chi connectivity index (χ0n) is 13.7. The Hall–Kier alpha value is -2.63. The number of hydrogen-bond donors (Lipinski definition) is 0. The molecule has 4 rings (SSSR count). The van der Waals surface area contributed by atoms with Crippen LogP contribution in [0.5, 0.6) is 0 Å². The van der Waals surface area contributed by atoms with E-state index in [1.54, 1.807) is 23.1 Å². The van der Waals surface area contributed by atoms with E-state index in [-0.39, 0.29) is 29.5 Å². The molecule has 2 amide bonds. The van der Waals surface area contributed by atoms with Crippen LogP contribution < -0.4 is 0 Å². The van der Waals surface area contributed by atoms with Crippen molar-refractivity contribution < 1.29 is 18.4 Å². The van der Waals surface area contributed by atoms with Crippen LogP contribution in [0.2, 0.25) is 0 Å². The molecule has 0 bridgehead atoms. The molecular weight excluding hydrogens is 323 g/mol. The fraction of sp³-hybridized carbons (Fsp3) is 0.368. The Kier molecular flexibility index (Phi) is 4.03. The predicted octanol–water partition coefficient (Wildman–Crippen LogP) is 2.51. The van der Waals surface area contributed by atoms with Gasteiger partial charge in [-0.2, -0.15) is 0 Å². The minimum absolute atomic E-state index is 0.0124. The molecule has 2 unspecified atom stereocenters. The van der Waals surface area contributed by atoms with Gasteiger partial charge in [-0.05, 0) is 36.1 Å². The van der Waals surface area contributed by atoms with Crippen molar-refractivity contribution >= 4 is 11.8 Å². The van der Waals surface area contributed by atoms with Crippen molar-refractivity contribution in [2.24, 2.45) is 5.92 Å². The lowest BCUT2D eigenvalue weighted by Gasteiger charge is -2.34. The fourth-order valence-corrected chi connectivity index (χ4v) is 3.48. The highest BCUT2D eigenvalue weighted by molar-refractivity contribution is 5.94. The molecule has 1 saturated carbocycles. The average molecular weight is 342 g/mol. The second-order valence-corrected chi connectivity index (χ2v) is 6.63. The van der Waals surface area contributed by atoms with Crippen LogP contribution >= 0.6 is 0 Å². The van der Waals surface area contributed by atoms with Crippen molar-refractivity contribution in [1.82, 2.24) is 9.80 Å². The first-order chi connectivity index (χ1) is 12.1. The Morgan fingerprint density at radius 1 is 1.00 bits per heavy atom. The quantitative estimate of drug-likeness (QED) is 0.861. The fourth-order valence-electron chi connectivity index (χ4n) is 3.48. The van der Waals surface area contributed by atoms with Crippen molar-refractivity contribution in [2.45, 2.75) is 12.3 Å². The van der Waals surface area contributed by atoms with Crippen LogP contribution in [0.25, 0.3) is 0 Å². The van der Waals surface area contributed by atoms with Crippen molar-refractivity contribution in [3.63, 3.8) is 0 Å². The van der Waals surface area contributed by atoms with E-state index in [9.17, 15) is 14.0 Å². The van der Waals surface area contributed by atoms with E-state index in [1.807, 2.05) is 4.90 Å². The number of hydrogen-bond acceptors (Lipinski definition) is 3. The standard InChI is InChI=1S/C19H19FN2O3/c20-15-3-1-13(2-4-15)16-11-17(16)19(24)22-8-6-21(7-9-22)18(23)14-5-10-25-12-14/h1-5,10,12,16-17H,6-9,11H2. The molecule has 1 aromatic carbocycles. The van der Waals surface area contributed by atoms with Gasteiger partial charge in [-0.1, -0.05) is 12.1 Å². The molecule has 0 spiro atoms. The number of nitrogens with zero attached hydrogens (tertiary/aromatic N) is 2. The third kappa shape index (κ3) is 3.16. The first-order valence-corrected chi connectivity index (χ1v) is 8.49. The Morgan fingerprint density at radius 2 is 1.68 bits per heavy atom. The van der Waals surface area contributed by atoms with Gasteiger partial charge in [0.15, 0.2) is 0 Å². The second kappa shape index (κ2) is 6.35. The van der Waals surface area contributed by atoms with Crippen molar-refractivity contribution in [1.29, 1.82) is 0 Å². The Balaban J connectivity index is 1.32. The summed E-state index contributed by atoms with van der Waals surface area (Å²) < 4.78 is 18.0. The van der Waals surface area contributed by atoms with Gasteiger partial charge in [0.2, 0.25) is 5.91 Å². The number of amides is 2. The maximum absolute atomic E-state index is 13.0. The number of benzene rings is 1. The molecule has 1 aliphatic heterocycles. The third-order valence-electron chi connectivity index (χ3n) is 5.05. The van der Waals surface area contributed by atoms with Crippen molar-refractivity contribution in [2.75, 3.05) is 26.2 Å². The molecule has 2 aromatic rings. The van der Waals surface area contributed by atoms with Gasteiger partial charge in [0.05, 0.1) is 11.8 Å². The van der Waals surface area contributed by atoms with E-state index in [1.165, 1.54) is 24.7 Å². The molecule has 1 aliphatic carbocycles. The molecule has 1 aromatic heterocycles. The largest absolute Gasteiger partial charge is 0.472 e. The molecule has 0 radical (unpaired) electrons. The van der Waals surface area contributed by atoms with Crippen LogP contribution in [0.1, 0.15) is 28.3 Å². The summed E-state index contributed by atoms with van der Waals surface area (Å²) in [5.74, 6) is 0.00663. The SMILES string of the molecule is O=C(c1ccoc1)N1CCN(C(=O)C2CC2c2ccc(F)cc2)CC1. The van der Waals surface area contributed by atoms with Gasteiger partial charge in [-0.15, -0.1) is 0 Å². The molecule has 25 heavy (non-hydrogen) atoms. The Bertz CT molecular complexity index is 764. The molecule has 1 saturated heterocycles. The average Bonchev–Trinajstić information content (AvgIpc) is 3.25. The highest BCUT2D eigenvalue weighted by Gasteiger charge is 2.46. The lowest BCUT2D eigenvalue weighted by Crippen LogP contribution is -2.51. The molecule has 5 nitrogen and oxygen atoms in total. The normalized spacial score (nSPS) is 22.8. The van der Waals surface area contributed by atoms with Crippen LogP contribution in [0.15, 0.2) is 47.3 Å². The molecule has 0 N–H and O–H groups in total. The van der Waals surface area contributed by atoms with E-state index in [0.29, 0.717) is 31.7 Å². The summed E-state index contributed by atoms with van der Waals surface area (Å²) in [5, 5.41) is 0. The highest BCUT2D eigenvalue weighted by Crippen LogP contribution is 2.48. The minimum atomic E-state index is -0.259. The van der Waals surface area contributed by atoms with Crippen LogP contribution in [0.4, 0.5) is 4.39 Å². The maximum atomic E-state index is 13.0. The van der Waals surface area contributed by atoms with Crippen LogP contribution in [-0.4, -0.2) is 47.8 Å². The van der Waals surface area contributed by atoms with Crippen molar-refractivity contribution in [3.8, 4) is 0 Å². The van der Waals surface area contributed by atoms with Gasteiger partial charge in [0.1, 0.15) is 12.1 Å². The molecular formula is C19H19FN2O3. The summed E-state index contributed by atoms with van der Waals surface area (Å²) in [6.45, 7) is 2.16. The number of halogens is 1. The zero-order chi connectivity index (χ0) is 17.4. The minimum Gasteiger partial charge on any atom is -0.472 e. The Morgan fingerprint density at radius 3 is 2.32 bits per heavy atom. The number of carbonyl (C=O) groups excluding carboxylic acids is 2. The molecule has 2 fully saturated rings. The first kappa shape index (κ1) is 15.9. The topological polar surface area (TPSA) is 53.8 Å². The molecule has 130 valence electrons. The monoisotopic (exact) mass is 342 g/mol. The van der Waals surface area contributed by atoms with Gasteiger partial charge in [-0.25, -0.2) is 4.39 Å². The summed E-state index contributed by atoms with van der Waals surface area (Å²) in [5.41, 5.74) is 1.56. The third-order valence-corrected chi connectivity index (χ3v) is 5.05. The summed E-state index contributed by atoms with van der Waals surface area (Å²) in [6.07, 6.45) is 3.74. The van der Waals surface area contributed by atoms with Gasteiger partial charge in [0.25, 0.3) is 5.91 Å². The summed E-state index contributed by atoms with van der Waals surface area (Å²) in [4.78, 5) is 28.5. The van der Waals surface area contributed by atoms with Crippen molar-refractivity contribution in [3.05, 3.63) is 59.8 Å². The number of piperazine rings is 1. The van der Waals surface area contributed by atoms with E-state index in [2.05, 4.69) is 0 Å². The number of rotatable bonds is 3. The highest BCUT2D eigenvalue weighted by atomic mass is 19.1. The van der Waals surface area contributed by atoms with Gasteiger partial charge in [0, 0.05) is 32.1 Å². The lowest BCUT2D eigenvalue weighted by molar-refractivity contribution is -0.134. The lowest BCUT2D eigenvalue weighted by atomic mass is 10.1. The molecule has 6 heteroatoms. The Labute approximate surface area is 145 Å². The second-order valence-electron chi connectivity index (χ2n) is 6.63. The van der Waals surface area contributed by atoms with E-state index in [4.69, 9.17) is 4.42 Å².